The van der Waals surface area contributed by atoms with Crippen LogP contribution < -0.4 is 10.6 Å². The van der Waals surface area contributed by atoms with Crippen molar-refractivity contribution in [3.05, 3.63) is 83.6 Å². The molecule has 4 rings (SSSR count). The third-order valence-corrected chi connectivity index (χ3v) is 6.42. The van der Waals surface area contributed by atoms with Crippen LogP contribution in [-0.2, 0) is 4.79 Å². The van der Waals surface area contributed by atoms with Crippen LogP contribution in [0.2, 0.25) is 5.02 Å². The molecule has 2 heterocycles. The second kappa shape index (κ2) is 10.5. The molecule has 1 atom stereocenters. The minimum absolute atomic E-state index is 0.457. The topological polar surface area (TPSA) is 102 Å². The quantitative estimate of drug-likeness (QED) is 0.362. The second-order valence-corrected chi connectivity index (χ2v) is 9.05. The Kier molecular flexibility index (Phi) is 7.24. The predicted octanol–water partition coefficient (Wildman–Crippen LogP) is 5.12. The monoisotopic (exact) mass is 492 g/mol. The zero-order valence-corrected chi connectivity index (χ0v) is 20.0. The first kappa shape index (κ1) is 23.5. The zero-order valence-electron chi connectivity index (χ0n) is 18.4. The molecule has 34 heavy (non-hydrogen) atoms. The number of rotatable bonds is 6. The lowest BCUT2D eigenvalue weighted by molar-refractivity contribution is -0.119. The number of carbonyl (C=O) groups is 2. The Bertz CT molecular complexity index is 1310. The molecule has 0 bridgehead atoms. The van der Waals surface area contributed by atoms with E-state index in [0.29, 0.717) is 21.7 Å². The Morgan fingerprint density at radius 3 is 2.47 bits per heavy atom. The summed E-state index contributed by atoms with van der Waals surface area (Å²) in [5.74, 6) is 0.131. The molecule has 0 fully saturated rings. The van der Waals surface area contributed by atoms with Crippen LogP contribution in [0, 0.1) is 6.92 Å². The van der Waals surface area contributed by atoms with E-state index in [4.69, 9.17) is 11.6 Å². The van der Waals surface area contributed by atoms with Gasteiger partial charge in [-0.25, -0.2) is 4.79 Å². The number of benzene rings is 2. The maximum absolute atomic E-state index is 12.7. The number of imide groups is 1. The average molecular weight is 493 g/mol. The van der Waals surface area contributed by atoms with E-state index < -0.39 is 17.2 Å². The number of amides is 3. The van der Waals surface area contributed by atoms with Crippen LogP contribution >= 0.6 is 23.4 Å². The van der Waals surface area contributed by atoms with E-state index in [-0.39, 0.29) is 0 Å². The lowest BCUT2D eigenvalue weighted by atomic mass is 10.2. The third-order valence-electron chi connectivity index (χ3n) is 4.97. The zero-order chi connectivity index (χ0) is 24.1. The highest BCUT2D eigenvalue weighted by Crippen LogP contribution is 2.33. The van der Waals surface area contributed by atoms with Gasteiger partial charge in [0, 0.05) is 28.7 Å². The molecule has 0 aliphatic carbocycles. The summed E-state index contributed by atoms with van der Waals surface area (Å²) >= 11 is 7.57. The number of aromatic nitrogens is 4. The fourth-order valence-electron chi connectivity index (χ4n) is 3.20. The Hall–Kier alpha value is -3.69. The number of halogens is 1. The number of nitrogens with zero attached hydrogens (tertiary/aromatic N) is 4. The summed E-state index contributed by atoms with van der Waals surface area (Å²) in [6.07, 6.45) is 3.35. The van der Waals surface area contributed by atoms with E-state index in [0.717, 1.165) is 16.8 Å². The summed E-state index contributed by atoms with van der Waals surface area (Å²) < 4.78 is 1.86. The normalized spacial score (nSPS) is 11.6. The number of anilines is 1. The Morgan fingerprint density at radius 2 is 1.74 bits per heavy atom. The molecule has 0 radical (unpaired) electrons. The van der Waals surface area contributed by atoms with Crippen LogP contribution in [0.15, 0.2) is 78.2 Å². The van der Waals surface area contributed by atoms with Gasteiger partial charge < -0.3 is 5.32 Å². The second-order valence-electron chi connectivity index (χ2n) is 7.33. The summed E-state index contributed by atoms with van der Waals surface area (Å²) in [6.45, 7) is 3.61. The highest BCUT2D eigenvalue weighted by Gasteiger charge is 2.24. The molecule has 0 spiro atoms. The van der Waals surface area contributed by atoms with Gasteiger partial charge in [0.25, 0.3) is 0 Å². The lowest BCUT2D eigenvalue weighted by Crippen LogP contribution is -2.38. The number of thioether (sulfide) groups is 1. The smallest absolute Gasteiger partial charge is 0.308 e. The summed E-state index contributed by atoms with van der Waals surface area (Å²) in [6, 6.07) is 17.5. The lowest BCUT2D eigenvalue weighted by Gasteiger charge is -2.16. The maximum Gasteiger partial charge on any atom is 0.325 e. The van der Waals surface area contributed by atoms with Crippen molar-refractivity contribution < 1.29 is 9.59 Å². The number of urea groups is 1. The molecule has 2 aromatic carbocycles. The van der Waals surface area contributed by atoms with Gasteiger partial charge in [-0.1, -0.05) is 47.6 Å². The number of pyridine rings is 1. The minimum atomic E-state index is -0.630. The van der Waals surface area contributed by atoms with E-state index in [1.54, 1.807) is 43.6 Å². The molecule has 10 heteroatoms. The number of hydrogen-bond donors (Lipinski definition) is 2. The molecular formula is C24H21ClN6O2S. The fraction of sp³-hybridized carbons (Fsp3) is 0.125. The van der Waals surface area contributed by atoms with E-state index in [1.165, 1.54) is 11.8 Å². The van der Waals surface area contributed by atoms with Crippen molar-refractivity contribution >= 4 is 41.0 Å². The van der Waals surface area contributed by atoms with Crippen molar-refractivity contribution in [2.45, 2.75) is 24.3 Å². The summed E-state index contributed by atoms with van der Waals surface area (Å²) in [7, 11) is 0. The molecular weight excluding hydrogens is 472 g/mol. The molecule has 3 amide bonds. The number of carbonyl (C=O) groups excluding carboxylic acids is 2. The first-order chi connectivity index (χ1) is 16.4. The molecule has 2 aromatic heterocycles. The van der Waals surface area contributed by atoms with Crippen molar-refractivity contribution in [1.29, 1.82) is 0 Å². The molecule has 8 nitrogen and oxygen atoms in total. The Balaban J connectivity index is 1.59. The third kappa shape index (κ3) is 5.27. The SMILES string of the molecule is Cc1c(Cl)cccc1-n1c(SC(C)C(=O)NC(=O)Nc2ccccc2)nnc1-c1ccncc1. The highest BCUT2D eigenvalue weighted by atomic mass is 35.5. The van der Waals surface area contributed by atoms with Crippen LogP contribution in [-0.4, -0.2) is 36.9 Å². The molecule has 4 aromatic rings. The molecule has 1 unspecified atom stereocenters. The highest BCUT2D eigenvalue weighted by molar-refractivity contribution is 8.00. The largest absolute Gasteiger partial charge is 0.325 e. The molecule has 172 valence electrons. The standard InChI is InChI=1S/C24H21ClN6O2S/c1-15-19(25)9-6-10-20(15)31-21(17-11-13-26-14-12-17)29-30-24(31)34-16(2)22(32)28-23(33)27-18-7-4-3-5-8-18/h3-14,16H,1-2H3,(H2,27,28,32,33). The Morgan fingerprint density at radius 1 is 1.00 bits per heavy atom. The molecule has 0 aliphatic heterocycles. The maximum atomic E-state index is 12.7. The van der Waals surface area contributed by atoms with Gasteiger partial charge in [0.05, 0.1) is 10.9 Å². The predicted molar refractivity (Wildman–Crippen MR) is 133 cm³/mol. The molecule has 2 N–H and O–H groups in total. The first-order valence-corrected chi connectivity index (χ1v) is 11.6. The molecule has 0 saturated heterocycles. The van der Waals surface area contributed by atoms with Crippen molar-refractivity contribution in [1.82, 2.24) is 25.1 Å². The van der Waals surface area contributed by atoms with Crippen molar-refractivity contribution in [2.24, 2.45) is 0 Å². The van der Waals surface area contributed by atoms with E-state index >= 15 is 0 Å². The minimum Gasteiger partial charge on any atom is -0.308 e. The Labute approximate surface area is 205 Å². The van der Waals surface area contributed by atoms with Crippen LogP contribution in [0.4, 0.5) is 10.5 Å². The van der Waals surface area contributed by atoms with Gasteiger partial charge in [-0.15, -0.1) is 10.2 Å². The average Bonchev–Trinajstić information content (AvgIpc) is 3.25. The molecule has 0 aliphatic rings. The van der Waals surface area contributed by atoms with Crippen molar-refractivity contribution in [2.75, 3.05) is 5.32 Å². The van der Waals surface area contributed by atoms with Gasteiger partial charge in [-0.3, -0.25) is 19.7 Å². The van der Waals surface area contributed by atoms with Crippen LogP contribution in [0.25, 0.3) is 17.1 Å². The number of para-hydroxylation sites is 1. The van der Waals surface area contributed by atoms with Gasteiger partial charge in [-0.2, -0.15) is 0 Å². The van der Waals surface area contributed by atoms with Crippen LogP contribution in [0.3, 0.4) is 0 Å². The summed E-state index contributed by atoms with van der Waals surface area (Å²) in [4.78, 5) is 29.0. The number of hydrogen-bond acceptors (Lipinski definition) is 6. The van der Waals surface area contributed by atoms with E-state index in [2.05, 4.69) is 25.8 Å². The van der Waals surface area contributed by atoms with Gasteiger partial charge in [0.15, 0.2) is 11.0 Å². The number of nitrogens with one attached hydrogen (secondary N) is 2. The van der Waals surface area contributed by atoms with Gasteiger partial charge in [-0.05, 0) is 55.8 Å². The molecule has 0 saturated carbocycles. The summed E-state index contributed by atoms with van der Waals surface area (Å²) in [5, 5.41) is 14.2. The first-order valence-electron chi connectivity index (χ1n) is 10.4. The van der Waals surface area contributed by atoms with Gasteiger partial charge >= 0.3 is 6.03 Å². The fourth-order valence-corrected chi connectivity index (χ4v) is 4.23. The summed E-state index contributed by atoms with van der Waals surface area (Å²) in [5.41, 5.74) is 3.04. The van der Waals surface area contributed by atoms with Gasteiger partial charge in [0.1, 0.15) is 0 Å². The van der Waals surface area contributed by atoms with Gasteiger partial charge in [0.2, 0.25) is 5.91 Å². The van der Waals surface area contributed by atoms with Crippen molar-refractivity contribution in [3.63, 3.8) is 0 Å². The van der Waals surface area contributed by atoms with Crippen molar-refractivity contribution in [3.8, 4) is 17.1 Å². The van der Waals surface area contributed by atoms with E-state index in [9.17, 15) is 9.59 Å². The van der Waals surface area contributed by atoms with Crippen LogP contribution in [0.5, 0.6) is 0 Å². The van der Waals surface area contributed by atoms with Crippen LogP contribution in [0.1, 0.15) is 12.5 Å². The van der Waals surface area contributed by atoms with E-state index in [1.807, 2.05) is 47.9 Å².